The predicted molar refractivity (Wildman–Crippen MR) is 70.1 cm³/mol. The van der Waals surface area contributed by atoms with E-state index in [-0.39, 0.29) is 6.04 Å². The number of carboxylic acids is 1. The first kappa shape index (κ1) is 12.6. The Labute approximate surface area is 110 Å². The molecule has 0 saturated heterocycles. The Balaban J connectivity index is 2.28. The van der Waals surface area contributed by atoms with Crippen LogP contribution in [0.5, 0.6) is 0 Å². The molecule has 3 nitrogen and oxygen atoms in total. The Morgan fingerprint density at radius 2 is 2.29 bits per heavy atom. The molecule has 92 valence electrons. The average Bonchev–Trinajstić information content (AvgIpc) is 2.72. The van der Waals surface area contributed by atoms with Crippen LogP contribution in [0, 0.1) is 0 Å². The van der Waals surface area contributed by atoms with Gasteiger partial charge < -0.3 is 5.11 Å². The summed E-state index contributed by atoms with van der Waals surface area (Å²) in [5, 5.41) is 9.06. The van der Waals surface area contributed by atoms with E-state index in [4.69, 9.17) is 5.11 Å². The minimum atomic E-state index is -0.768. The van der Waals surface area contributed by atoms with Crippen molar-refractivity contribution in [2.24, 2.45) is 0 Å². The first-order valence-corrected chi connectivity index (χ1v) is 6.53. The van der Waals surface area contributed by atoms with E-state index in [0.29, 0.717) is 0 Å². The van der Waals surface area contributed by atoms with E-state index < -0.39 is 12.0 Å². The Bertz CT molecular complexity index is 447. The number of nitrogens with zero attached hydrogens (tertiary/aromatic N) is 1. The summed E-state index contributed by atoms with van der Waals surface area (Å²) in [4.78, 5) is 13.0. The van der Waals surface area contributed by atoms with Crippen LogP contribution in [0.3, 0.4) is 0 Å². The minimum Gasteiger partial charge on any atom is -0.480 e. The summed E-state index contributed by atoms with van der Waals surface area (Å²) in [6, 6.07) is 5.92. The lowest BCUT2D eigenvalue weighted by molar-refractivity contribution is -0.143. The second-order valence-corrected chi connectivity index (χ2v) is 5.40. The van der Waals surface area contributed by atoms with Gasteiger partial charge in [-0.25, -0.2) is 0 Å². The van der Waals surface area contributed by atoms with Gasteiger partial charge in [-0.1, -0.05) is 28.1 Å². The van der Waals surface area contributed by atoms with Crippen molar-refractivity contribution in [1.82, 2.24) is 4.90 Å². The Kier molecular flexibility index (Phi) is 3.54. The summed E-state index contributed by atoms with van der Waals surface area (Å²) in [6.07, 6.45) is 2.00. The van der Waals surface area contributed by atoms with E-state index in [2.05, 4.69) is 22.0 Å². The Morgan fingerprint density at radius 3 is 2.94 bits per heavy atom. The highest BCUT2D eigenvalue weighted by Crippen LogP contribution is 2.39. The van der Waals surface area contributed by atoms with Gasteiger partial charge in [0.2, 0.25) is 0 Å². The molecule has 0 spiro atoms. The maximum Gasteiger partial charge on any atom is 0.320 e. The average molecular weight is 298 g/mol. The largest absolute Gasteiger partial charge is 0.480 e. The number of carboxylic acid groups (broad SMARTS) is 1. The first-order chi connectivity index (χ1) is 8.02. The Morgan fingerprint density at radius 1 is 1.59 bits per heavy atom. The zero-order chi connectivity index (χ0) is 12.6. The van der Waals surface area contributed by atoms with Crippen molar-refractivity contribution < 1.29 is 9.90 Å². The molecule has 0 fully saturated rings. The molecule has 2 unspecified atom stereocenters. The van der Waals surface area contributed by atoms with Crippen LogP contribution < -0.4 is 0 Å². The summed E-state index contributed by atoms with van der Waals surface area (Å²) in [5.41, 5.74) is 2.58. The Hall–Kier alpha value is -0.870. The molecule has 0 aliphatic heterocycles. The van der Waals surface area contributed by atoms with Gasteiger partial charge >= 0.3 is 5.97 Å². The van der Waals surface area contributed by atoms with Gasteiger partial charge in [-0.2, -0.15) is 0 Å². The molecule has 4 heteroatoms. The van der Waals surface area contributed by atoms with Crippen molar-refractivity contribution in [3.8, 4) is 0 Å². The normalized spacial score (nSPS) is 20.4. The van der Waals surface area contributed by atoms with Crippen molar-refractivity contribution in [2.75, 3.05) is 7.05 Å². The molecule has 0 amide bonds. The van der Waals surface area contributed by atoms with Gasteiger partial charge in [0.15, 0.2) is 0 Å². The first-order valence-electron chi connectivity index (χ1n) is 5.74. The molecule has 0 radical (unpaired) electrons. The molecular formula is C13H16BrNO2. The molecule has 0 aromatic heterocycles. The van der Waals surface area contributed by atoms with Crippen LogP contribution >= 0.6 is 15.9 Å². The predicted octanol–water partition coefficient (Wildman–Crippen LogP) is 2.84. The molecular weight excluding hydrogens is 282 g/mol. The molecule has 1 N–H and O–H groups in total. The van der Waals surface area contributed by atoms with E-state index in [0.717, 1.165) is 17.3 Å². The summed E-state index contributed by atoms with van der Waals surface area (Å²) in [5.74, 6) is -0.768. The summed E-state index contributed by atoms with van der Waals surface area (Å²) >= 11 is 3.56. The fourth-order valence-corrected chi connectivity index (χ4v) is 3.03. The zero-order valence-electron chi connectivity index (χ0n) is 9.98. The summed E-state index contributed by atoms with van der Waals surface area (Å²) < 4.78 is 1.13. The van der Waals surface area contributed by atoms with Gasteiger partial charge in [-0.05, 0) is 44.0 Å². The van der Waals surface area contributed by atoms with Crippen LogP contribution in [0.1, 0.15) is 30.5 Å². The van der Waals surface area contributed by atoms with Gasteiger partial charge in [-0.15, -0.1) is 0 Å². The van der Waals surface area contributed by atoms with Crippen molar-refractivity contribution in [3.63, 3.8) is 0 Å². The second-order valence-electron chi connectivity index (χ2n) is 4.54. The number of likely N-dealkylation sites (N-methyl/N-ethyl adjacent to an activating group) is 1. The van der Waals surface area contributed by atoms with Crippen LogP contribution in [-0.4, -0.2) is 29.1 Å². The van der Waals surface area contributed by atoms with Crippen molar-refractivity contribution in [3.05, 3.63) is 33.8 Å². The van der Waals surface area contributed by atoms with Crippen molar-refractivity contribution >= 4 is 21.9 Å². The molecule has 0 bridgehead atoms. The fourth-order valence-electron chi connectivity index (χ4n) is 2.45. The summed E-state index contributed by atoms with van der Waals surface area (Å²) in [7, 11) is 1.89. The van der Waals surface area contributed by atoms with Crippen LogP contribution in [0.4, 0.5) is 0 Å². The minimum absolute atomic E-state index is 0.216. The lowest BCUT2D eigenvalue weighted by Crippen LogP contribution is -2.37. The molecule has 0 saturated carbocycles. The monoisotopic (exact) mass is 297 g/mol. The number of hydrogen-bond acceptors (Lipinski definition) is 2. The van der Waals surface area contributed by atoms with E-state index in [1.165, 1.54) is 11.1 Å². The third-order valence-electron chi connectivity index (χ3n) is 3.64. The number of halogens is 1. The quantitative estimate of drug-likeness (QED) is 0.933. The van der Waals surface area contributed by atoms with Crippen LogP contribution in [-0.2, 0) is 11.2 Å². The molecule has 1 aromatic carbocycles. The number of aliphatic carboxylic acids is 1. The van der Waals surface area contributed by atoms with Gasteiger partial charge in [0.05, 0.1) is 0 Å². The lowest BCUT2D eigenvalue weighted by atomic mass is 10.1. The van der Waals surface area contributed by atoms with Gasteiger partial charge in [-0.3, -0.25) is 9.69 Å². The SMILES string of the molecule is CC(C(=O)O)N(C)C1CCc2c(Br)cccc21. The number of carbonyl (C=O) groups is 1. The highest BCUT2D eigenvalue weighted by molar-refractivity contribution is 9.10. The third-order valence-corrected chi connectivity index (χ3v) is 4.38. The third kappa shape index (κ3) is 2.24. The number of rotatable bonds is 3. The number of fused-ring (bicyclic) bond motifs is 1. The van der Waals surface area contributed by atoms with Gasteiger partial charge in [0.1, 0.15) is 6.04 Å². The zero-order valence-corrected chi connectivity index (χ0v) is 11.6. The van der Waals surface area contributed by atoms with Crippen LogP contribution in [0.2, 0.25) is 0 Å². The van der Waals surface area contributed by atoms with Crippen molar-refractivity contribution in [2.45, 2.75) is 31.8 Å². The standard InChI is InChI=1S/C13H16BrNO2/c1-8(13(16)17)15(2)12-7-6-9-10(12)4-3-5-11(9)14/h3-5,8,12H,6-7H2,1-2H3,(H,16,17). The van der Waals surface area contributed by atoms with E-state index in [9.17, 15) is 4.79 Å². The number of hydrogen-bond donors (Lipinski definition) is 1. The van der Waals surface area contributed by atoms with E-state index in [1.54, 1.807) is 6.92 Å². The van der Waals surface area contributed by atoms with Crippen molar-refractivity contribution in [1.29, 1.82) is 0 Å². The molecule has 2 atom stereocenters. The van der Waals surface area contributed by atoms with Crippen LogP contribution in [0.25, 0.3) is 0 Å². The molecule has 1 aromatic rings. The van der Waals surface area contributed by atoms with E-state index in [1.807, 2.05) is 24.1 Å². The maximum atomic E-state index is 11.0. The number of benzene rings is 1. The molecule has 2 rings (SSSR count). The highest BCUT2D eigenvalue weighted by atomic mass is 79.9. The van der Waals surface area contributed by atoms with Crippen LogP contribution in [0.15, 0.2) is 22.7 Å². The summed E-state index contributed by atoms with van der Waals surface area (Å²) in [6.45, 7) is 1.73. The molecule has 1 aliphatic carbocycles. The highest BCUT2D eigenvalue weighted by Gasteiger charge is 2.31. The molecule has 1 aliphatic rings. The molecule has 0 heterocycles. The van der Waals surface area contributed by atoms with Gasteiger partial charge in [0, 0.05) is 10.5 Å². The smallest absolute Gasteiger partial charge is 0.320 e. The lowest BCUT2D eigenvalue weighted by Gasteiger charge is -2.28. The topological polar surface area (TPSA) is 40.5 Å². The second kappa shape index (κ2) is 4.78. The molecule has 17 heavy (non-hydrogen) atoms. The van der Waals surface area contributed by atoms with Gasteiger partial charge in [0.25, 0.3) is 0 Å². The van der Waals surface area contributed by atoms with E-state index >= 15 is 0 Å². The fraction of sp³-hybridized carbons (Fsp3) is 0.462. The maximum absolute atomic E-state index is 11.0.